The van der Waals surface area contributed by atoms with E-state index in [0.717, 1.165) is 4.90 Å². The number of benzene rings is 4. The Labute approximate surface area is 217 Å². The van der Waals surface area contributed by atoms with Crippen LogP contribution in [0.15, 0.2) is 83.8 Å². The third-order valence-corrected chi connectivity index (χ3v) is 6.51. The molecule has 4 aromatic carbocycles. The molecule has 4 aromatic rings. The van der Waals surface area contributed by atoms with Gasteiger partial charge in [-0.3, -0.25) is 9.59 Å². The molecule has 0 radical (unpaired) electrons. The molecule has 4 rings (SSSR count). The molecule has 0 aliphatic heterocycles. The van der Waals surface area contributed by atoms with Gasteiger partial charge in [0.25, 0.3) is 5.91 Å². The number of aromatic carboxylic acids is 1. The maximum atomic E-state index is 13.0. The summed E-state index contributed by atoms with van der Waals surface area (Å²) in [5, 5.41) is 16.3. The zero-order chi connectivity index (χ0) is 26.4. The summed E-state index contributed by atoms with van der Waals surface area (Å²) < 4.78 is 10.4. The number of thioether (sulfide) groups is 1. The van der Waals surface area contributed by atoms with Crippen molar-refractivity contribution < 1.29 is 29.0 Å². The largest absolute Gasteiger partial charge is 0.497 e. The predicted molar refractivity (Wildman–Crippen MR) is 144 cm³/mol. The monoisotopic (exact) mass is 516 g/mol. The van der Waals surface area contributed by atoms with Crippen molar-refractivity contribution in [3.8, 4) is 11.5 Å². The highest BCUT2D eigenvalue weighted by molar-refractivity contribution is 8.00. The van der Waals surface area contributed by atoms with Crippen molar-refractivity contribution in [2.45, 2.75) is 4.90 Å². The SMILES string of the molecule is COc1cc(NC(=O)CSc2ccc(NC(=O)c3cccc4cccc(C(=O)O)c34)cc2)cc(OC)c1. The smallest absolute Gasteiger partial charge is 0.336 e. The molecule has 0 aliphatic carbocycles. The van der Waals surface area contributed by atoms with Gasteiger partial charge in [0.1, 0.15) is 11.5 Å². The number of ether oxygens (including phenoxy) is 2. The molecule has 188 valence electrons. The zero-order valence-electron chi connectivity index (χ0n) is 20.1. The van der Waals surface area contributed by atoms with Crippen molar-refractivity contribution in [3.05, 3.63) is 90.0 Å². The summed E-state index contributed by atoms with van der Waals surface area (Å²) in [4.78, 5) is 37.9. The second kappa shape index (κ2) is 11.5. The van der Waals surface area contributed by atoms with E-state index in [0.29, 0.717) is 33.6 Å². The van der Waals surface area contributed by atoms with Crippen molar-refractivity contribution in [2.24, 2.45) is 0 Å². The van der Waals surface area contributed by atoms with Crippen molar-refractivity contribution >= 4 is 51.7 Å². The molecule has 2 amide bonds. The third kappa shape index (κ3) is 6.20. The van der Waals surface area contributed by atoms with Crippen LogP contribution in [0.2, 0.25) is 0 Å². The van der Waals surface area contributed by atoms with Gasteiger partial charge < -0.3 is 25.2 Å². The fourth-order valence-corrected chi connectivity index (χ4v) is 4.47. The summed E-state index contributed by atoms with van der Waals surface area (Å²) in [5.41, 5.74) is 1.46. The zero-order valence-corrected chi connectivity index (χ0v) is 20.9. The number of hydrogen-bond donors (Lipinski definition) is 3. The van der Waals surface area contributed by atoms with Crippen LogP contribution in [0, 0.1) is 0 Å². The van der Waals surface area contributed by atoms with Crippen LogP contribution in [0.3, 0.4) is 0 Å². The van der Waals surface area contributed by atoms with Crippen molar-refractivity contribution in [3.63, 3.8) is 0 Å². The Hall–Kier alpha value is -4.50. The van der Waals surface area contributed by atoms with Gasteiger partial charge in [-0.15, -0.1) is 11.8 Å². The first kappa shape index (κ1) is 25.6. The molecule has 0 heterocycles. The number of methoxy groups -OCH3 is 2. The first-order valence-electron chi connectivity index (χ1n) is 11.2. The van der Waals surface area contributed by atoms with E-state index in [2.05, 4.69) is 10.6 Å². The molecule has 0 unspecified atom stereocenters. The van der Waals surface area contributed by atoms with Crippen LogP contribution in [0.1, 0.15) is 20.7 Å². The lowest BCUT2D eigenvalue weighted by Crippen LogP contribution is -2.14. The molecular weight excluding hydrogens is 492 g/mol. The highest BCUT2D eigenvalue weighted by Crippen LogP contribution is 2.27. The Bertz CT molecular complexity index is 1440. The Morgan fingerprint density at radius 1 is 0.784 bits per heavy atom. The van der Waals surface area contributed by atoms with Crippen LogP contribution in [0.25, 0.3) is 10.8 Å². The van der Waals surface area contributed by atoms with Gasteiger partial charge in [-0.1, -0.05) is 24.3 Å². The maximum Gasteiger partial charge on any atom is 0.336 e. The van der Waals surface area contributed by atoms with E-state index >= 15 is 0 Å². The molecule has 0 saturated carbocycles. The lowest BCUT2D eigenvalue weighted by atomic mass is 9.98. The average Bonchev–Trinajstić information content (AvgIpc) is 2.91. The molecule has 0 bridgehead atoms. The van der Waals surface area contributed by atoms with E-state index in [9.17, 15) is 19.5 Å². The van der Waals surface area contributed by atoms with Gasteiger partial charge in [-0.2, -0.15) is 0 Å². The number of anilines is 2. The molecule has 0 fully saturated rings. The average molecular weight is 517 g/mol. The maximum absolute atomic E-state index is 13.0. The molecule has 9 heteroatoms. The van der Waals surface area contributed by atoms with E-state index in [-0.39, 0.29) is 22.8 Å². The number of rotatable bonds is 9. The minimum absolute atomic E-state index is 0.0701. The fraction of sp³-hybridized carbons (Fsp3) is 0.107. The standard InChI is InChI=1S/C28H24N2O6S/c1-35-20-13-19(14-21(15-20)36-2)29-25(31)16-37-22-11-9-18(10-12-22)30-27(32)23-7-3-5-17-6-4-8-24(26(17)23)28(33)34/h3-15H,16H2,1-2H3,(H,29,31)(H,30,32)(H,33,34). The van der Waals surface area contributed by atoms with E-state index in [1.54, 1.807) is 72.8 Å². The normalized spacial score (nSPS) is 10.5. The molecular formula is C28H24N2O6S. The summed E-state index contributed by atoms with van der Waals surface area (Å²) in [6.45, 7) is 0. The van der Waals surface area contributed by atoms with E-state index in [1.807, 2.05) is 0 Å². The molecule has 8 nitrogen and oxygen atoms in total. The van der Waals surface area contributed by atoms with Gasteiger partial charge >= 0.3 is 5.97 Å². The Morgan fingerprint density at radius 3 is 2.00 bits per heavy atom. The van der Waals surface area contributed by atoms with Gasteiger partial charge in [0.2, 0.25) is 5.91 Å². The minimum Gasteiger partial charge on any atom is -0.497 e. The number of amides is 2. The van der Waals surface area contributed by atoms with Crippen LogP contribution < -0.4 is 20.1 Å². The van der Waals surface area contributed by atoms with Crippen molar-refractivity contribution in [1.82, 2.24) is 0 Å². The summed E-state index contributed by atoms with van der Waals surface area (Å²) in [7, 11) is 3.08. The minimum atomic E-state index is -1.10. The number of nitrogens with one attached hydrogen (secondary N) is 2. The molecule has 0 saturated heterocycles. The number of carbonyl (C=O) groups is 3. The van der Waals surface area contributed by atoms with E-state index in [4.69, 9.17) is 9.47 Å². The van der Waals surface area contributed by atoms with Gasteiger partial charge in [0, 0.05) is 45.4 Å². The second-order valence-corrected chi connectivity index (χ2v) is 8.98. The number of fused-ring (bicyclic) bond motifs is 1. The van der Waals surface area contributed by atoms with Gasteiger partial charge in [-0.05, 0) is 41.8 Å². The van der Waals surface area contributed by atoms with Gasteiger partial charge in [-0.25, -0.2) is 4.79 Å². The second-order valence-electron chi connectivity index (χ2n) is 7.93. The Kier molecular flexibility index (Phi) is 7.95. The van der Waals surface area contributed by atoms with Crippen LogP contribution in [0.5, 0.6) is 11.5 Å². The number of hydrogen-bond acceptors (Lipinski definition) is 6. The molecule has 0 aromatic heterocycles. The Balaban J connectivity index is 1.39. The molecule has 3 N–H and O–H groups in total. The van der Waals surface area contributed by atoms with Crippen LogP contribution in [-0.4, -0.2) is 42.9 Å². The third-order valence-electron chi connectivity index (χ3n) is 5.50. The first-order chi connectivity index (χ1) is 17.9. The van der Waals surface area contributed by atoms with Crippen LogP contribution in [0.4, 0.5) is 11.4 Å². The molecule has 0 aliphatic rings. The van der Waals surface area contributed by atoms with Gasteiger partial charge in [0.15, 0.2) is 0 Å². The summed E-state index contributed by atoms with van der Waals surface area (Å²) in [5.74, 6) is -0.373. The fourth-order valence-electron chi connectivity index (χ4n) is 3.77. The lowest BCUT2D eigenvalue weighted by molar-refractivity contribution is -0.113. The van der Waals surface area contributed by atoms with Crippen LogP contribution >= 0.6 is 11.8 Å². The quantitative estimate of drug-likeness (QED) is 0.250. The number of carboxylic acids is 1. The van der Waals surface area contributed by atoms with E-state index in [1.165, 1.54) is 32.0 Å². The van der Waals surface area contributed by atoms with Crippen molar-refractivity contribution in [1.29, 1.82) is 0 Å². The summed E-state index contributed by atoms with van der Waals surface area (Å²) in [6, 6.07) is 22.2. The molecule has 0 spiro atoms. The topological polar surface area (TPSA) is 114 Å². The summed E-state index contributed by atoms with van der Waals surface area (Å²) in [6.07, 6.45) is 0. The van der Waals surface area contributed by atoms with Crippen LogP contribution in [-0.2, 0) is 4.79 Å². The number of carbonyl (C=O) groups excluding carboxylic acids is 2. The number of carboxylic acid groups (broad SMARTS) is 1. The molecule has 0 atom stereocenters. The highest BCUT2D eigenvalue weighted by atomic mass is 32.2. The van der Waals surface area contributed by atoms with Gasteiger partial charge in [0.05, 0.1) is 25.5 Å². The van der Waals surface area contributed by atoms with E-state index < -0.39 is 11.9 Å². The van der Waals surface area contributed by atoms with Crippen molar-refractivity contribution in [2.75, 3.05) is 30.6 Å². The Morgan fingerprint density at radius 2 is 1.41 bits per heavy atom. The molecule has 37 heavy (non-hydrogen) atoms. The summed E-state index contributed by atoms with van der Waals surface area (Å²) >= 11 is 1.35. The predicted octanol–water partition coefficient (Wildman–Crippen LogP) is 5.54. The first-order valence-corrected chi connectivity index (χ1v) is 12.2. The highest BCUT2D eigenvalue weighted by Gasteiger charge is 2.16. The lowest BCUT2D eigenvalue weighted by Gasteiger charge is -2.11.